The van der Waals surface area contributed by atoms with E-state index in [2.05, 4.69) is 0 Å². The van der Waals surface area contributed by atoms with Crippen LogP contribution in [0.4, 0.5) is 5.69 Å². The van der Waals surface area contributed by atoms with Crippen LogP contribution in [0.1, 0.15) is 19.8 Å². The van der Waals surface area contributed by atoms with Crippen molar-refractivity contribution >= 4 is 40.1 Å². The highest BCUT2D eigenvalue weighted by Gasteiger charge is 2.30. The molecular formula is C18H21NO3S. The van der Waals surface area contributed by atoms with Crippen LogP contribution in [0.15, 0.2) is 42.5 Å². The number of carbonyl (C=O) groups excluding carboxylic acids is 1. The number of carbonyl (C=O) groups is 2. The Morgan fingerprint density at radius 3 is 2.52 bits per heavy atom. The van der Waals surface area contributed by atoms with Crippen LogP contribution in [0.5, 0.6) is 0 Å². The van der Waals surface area contributed by atoms with Crippen molar-refractivity contribution in [2.45, 2.75) is 25.8 Å². The number of aliphatic carboxylic acids is 1. The summed E-state index contributed by atoms with van der Waals surface area (Å²) in [6.45, 7) is 1.76. The summed E-state index contributed by atoms with van der Waals surface area (Å²) in [7, 11) is 0. The Morgan fingerprint density at radius 1 is 1.17 bits per heavy atom. The molecule has 0 aliphatic carbocycles. The third-order valence-electron chi connectivity index (χ3n) is 3.79. The standard InChI is InChI=1S/C18H21NO3S/c1-3-17(20)19(16(18(21)22)11-12-23-2)15-10-6-8-13-7-4-5-9-14(13)15/h4-10,16H,3,11-12H2,1-2H3,(H,21,22)/t16-/m0/s1. The number of benzene rings is 2. The van der Waals surface area contributed by atoms with Gasteiger partial charge in [-0.25, -0.2) is 4.79 Å². The van der Waals surface area contributed by atoms with Crippen molar-refractivity contribution in [3.05, 3.63) is 42.5 Å². The number of thioether (sulfide) groups is 1. The van der Waals surface area contributed by atoms with Crippen LogP contribution < -0.4 is 4.90 Å². The van der Waals surface area contributed by atoms with Gasteiger partial charge in [0.2, 0.25) is 5.91 Å². The molecule has 0 radical (unpaired) electrons. The first-order valence-electron chi connectivity index (χ1n) is 7.61. The van der Waals surface area contributed by atoms with E-state index in [4.69, 9.17) is 0 Å². The van der Waals surface area contributed by atoms with Crippen LogP contribution in [-0.2, 0) is 9.59 Å². The maximum Gasteiger partial charge on any atom is 0.326 e. The average molecular weight is 331 g/mol. The minimum Gasteiger partial charge on any atom is -0.480 e. The quantitative estimate of drug-likeness (QED) is 0.838. The second kappa shape index (κ2) is 8.02. The highest BCUT2D eigenvalue weighted by molar-refractivity contribution is 7.98. The molecule has 0 aliphatic heterocycles. The number of nitrogens with zero attached hydrogens (tertiary/aromatic N) is 1. The third-order valence-corrected chi connectivity index (χ3v) is 4.43. The minimum atomic E-state index is -0.964. The predicted octanol–water partition coefficient (Wildman–Crippen LogP) is 3.79. The van der Waals surface area contributed by atoms with E-state index < -0.39 is 12.0 Å². The summed E-state index contributed by atoms with van der Waals surface area (Å²) in [4.78, 5) is 25.8. The number of carboxylic acids is 1. The second-order valence-corrected chi connectivity index (χ2v) is 6.24. The zero-order chi connectivity index (χ0) is 16.8. The molecule has 1 N–H and O–H groups in total. The zero-order valence-electron chi connectivity index (χ0n) is 13.4. The smallest absolute Gasteiger partial charge is 0.326 e. The first-order chi connectivity index (χ1) is 11.1. The summed E-state index contributed by atoms with van der Waals surface area (Å²) in [5, 5.41) is 11.5. The first-order valence-corrected chi connectivity index (χ1v) is 9.01. The number of hydrogen-bond acceptors (Lipinski definition) is 3. The SMILES string of the molecule is CCC(=O)N(c1cccc2ccccc12)[C@@H](CCSC)C(=O)O. The van der Waals surface area contributed by atoms with Gasteiger partial charge in [-0.05, 0) is 29.9 Å². The maximum absolute atomic E-state index is 12.5. The molecule has 0 fully saturated rings. The van der Waals surface area contributed by atoms with Gasteiger partial charge in [0.25, 0.3) is 0 Å². The lowest BCUT2D eigenvalue weighted by Crippen LogP contribution is -2.45. The summed E-state index contributed by atoms with van der Waals surface area (Å²) in [5.74, 6) is -0.446. The Labute approximate surface area is 140 Å². The number of amides is 1. The molecule has 23 heavy (non-hydrogen) atoms. The van der Waals surface area contributed by atoms with Gasteiger partial charge in [-0.2, -0.15) is 11.8 Å². The lowest BCUT2D eigenvalue weighted by Gasteiger charge is -2.30. The van der Waals surface area contributed by atoms with Crippen LogP contribution in [0.25, 0.3) is 10.8 Å². The molecule has 0 aromatic heterocycles. The molecule has 0 aliphatic rings. The molecule has 1 amide bonds. The van der Waals surface area contributed by atoms with E-state index >= 15 is 0 Å². The Hall–Kier alpha value is -2.01. The van der Waals surface area contributed by atoms with Gasteiger partial charge in [0.15, 0.2) is 0 Å². The van der Waals surface area contributed by atoms with Gasteiger partial charge in [0, 0.05) is 11.8 Å². The topological polar surface area (TPSA) is 57.6 Å². The molecule has 2 rings (SSSR count). The Kier molecular flexibility index (Phi) is 6.04. The maximum atomic E-state index is 12.5. The Balaban J connectivity index is 2.56. The van der Waals surface area contributed by atoms with E-state index in [-0.39, 0.29) is 12.3 Å². The molecule has 5 heteroatoms. The molecule has 4 nitrogen and oxygen atoms in total. The molecule has 2 aromatic rings. The molecule has 0 saturated carbocycles. The van der Waals surface area contributed by atoms with Crippen molar-refractivity contribution in [3.8, 4) is 0 Å². The van der Waals surface area contributed by atoms with Crippen LogP contribution in [-0.4, -0.2) is 35.0 Å². The molecule has 0 unspecified atom stereocenters. The summed E-state index contributed by atoms with van der Waals surface area (Å²) in [6.07, 6.45) is 2.63. The van der Waals surface area contributed by atoms with Crippen molar-refractivity contribution in [3.63, 3.8) is 0 Å². The number of rotatable bonds is 7. The third kappa shape index (κ3) is 3.85. The monoisotopic (exact) mass is 331 g/mol. The van der Waals surface area contributed by atoms with E-state index in [1.807, 2.05) is 48.7 Å². The van der Waals surface area contributed by atoms with Crippen LogP contribution >= 0.6 is 11.8 Å². The van der Waals surface area contributed by atoms with E-state index in [1.165, 1.54) is 4.90 Å². The highest BCUT2D eigenvalue weighted by Crippen LogP contribution is 2.30. The predicted molar refractivity (Wildman–Crippen MR) is 96.1 cm³/mol. The van der Waals surface area contributed by atoms with Crippen molar-refractivity contribution in [2.24, 2.45) is 0 Å². The van der Waals surface area contributed by atoms with E-state index in [1.54, 1.807) is 18.7 Å². The lowest BCUT2D eigenvalue weighted by molar-refractivity contribution is -0.140. The molecule has 2 aromatic carbocycles. The van der Waals surface area contributed by atoms with Crippen LogP contribution in [0, 0.1) is 0 Å². The largest absolute Gasteiger partial charge is 0.480 e. The van der Waals surface area contributed by atoms with Gasteiger partial charge in [0.05, 0.1) is 5.69 Å². The van der Waals surface area contributed by atoms with Crippen molar-refractivity contribution in [2.75, 3.05) is 16.9 Å². The normalized spacial score (nSPS) is 12.1. The van der Waals surface area contributed by atoms with Crippen molar-refractivity contribution in [1.82, 2.24) is 0 Å². The average Bonchev–Trinajstić information content (AvgIpc) is 2.57. The van der Waals surface area contributed by atoms with Gasteiger partial charge in [-0.1, -0.05) is 43.3 Å². The highest BCUT2D eigenvalue weighted by atomic mass is 32.2. The molecule has 0 spiro atoms. The second-order valence-electron chi connectivity index (χ2n) is 5.25. The fourth-order valence-corrected chi connectivity index (χ4v) is 3.12. The van der Waals surface area contributed by atoms with E-state index in [0.29, 0.717) is 17.9 Å². The van der Waals surface area contributed by atoms with E-state index in [9.17, 15) is 14.7 Å². The fourth-order valence-electron chi connectivity index (χ4n) is 2.66. The summed E-state index contributed by atoms with van der Waals surface area (Å²) in [5.41, 5.74) is 0.670. The number of fused-ring (bicyclic) bond motifs is 1. The van der Waals surface area contributed by atoms with Crippen LogP contribution in [0.2, 0.25) is 0 Å². The van der Waals surface area contributed by atoms with Crippen molar-refractivity contribution < 1.29 is 14.7 Å². The molecule has 0 heterocycles. The summed E-state index contributed by atoms with van der Waals surface area (Å²) < 4.78 is 0. The molecule has 0 saturated heterocycles. The number of carboxylic acid groups (broad SMARTS) is 1. The summed E-state index contributed by atoms with van der Waals surface area (Å²) >= 11 is 1.58. The summed E-state index contributed by atoms with van der Waals surface area (Å²) in [6, 6.07) is 12.5. The zero-order valence-corrected chi connectivity index (χ0v) is 14.2. The van der Waals surface area contributed by atoms with Gasteiger partial charge in [-0.15, -0.1) is 0 Å². The Morgan fingerprint density at radius 2 is 1.87 bits per heavy atom. The first kappa shape index (κ1) is 17.3. The van der Waals surface area contributed by atoms with Gasteiger partial charge in [0.1, 0.15) is 6.04 Å². The van der Waals surface area contributed by atoms with Crippen molar-refractivity contribution in [1.29, 1.82) is 0 Å². The van der Waals surface area contributed by atoms with Gasteiger partial charge < -0.3 is 5.11 Å². The number of hydrogen-bond donors (Lipinski definition) is 1. The molecular weight excluding hydrogens is 310 g/mol. The Bertz CT molecular complexity index is 696. The van der Waals surface area contributed by atoms with Crippen LogP contribution in [0.3, 0.4) is 0 Å². The molecule has 122 valence electrons. The van der Waals surface area contributed by atoms with Gasteiger partial charge in [-0.3, -0.25) is 9.69 Å². The fraction of sp³-hybridized carbons (Fsp3) is 0.333. The minimum absolute atomic E-state index is 0.171. The molecule has 0 bridgehead atoms. The lowest BCUT2D eigenvalue weighted by atomic mass is 10.0. The molecule has 1 atom stereocenters. The number of anilines is 1. The van der Waals surface area contributed by atoms with Gasteiger partial charge >= 0.3 is 5.97 Å². The van der Waals surface area contributed by atoms with E-state index in [0.717, 1.165) is 10.8 Å².